The Morgan fingerprint density at radius 1 is 1.07 bits per heavy atom. The van der Waals surface area contributed by atoms with Crippen LogP contribution in [0.3, 0.4) is 0 Å². The molecule has 0 amide bonds. The molecule has 1 fully saturated rings. The number of hydrogen-bond donors (Lipinski definition) is 0. The first-order valence-electron chi connectivity index (χ1n) is 9.57. The van der Waals surface area contributed by atoms with Crippen molar-refractivity contribution in [3.63, 3.8) is 0 Å². The molecule has 0 atom stereocenters. The molecule has 1 saturated heterocycles. The van der Waals surface area contributed by atoms with Crippen molar-refractivity contribution in [3.8, 4) is 0 Å². The van der Waals surface area contributed by atoms with Crippen LogP contribution >= 0.6 is 11.3 Å². The van der Waals surface area contributed by atoms with Crippen molar-refractivity contribution in [2.24, 2.45) is 0 Å². The molecule has 0 unspecified atom stereocenters. The summed E-state index contributed by atoms with van der Waals surface area (Å²) in [7, 11) is 0. The molecule has 0 spiro atoms. The van der Waals surface area contributed by atoms with Gasteiger partial charge in [0.05, 0.1) is 15.6 Å². The van der Waals surface area contributed by atoms with Crippen LogP contribution < -0.4 is 10.3 Å². The third kappa shape index (κ3) is 2.75. The van der Waals surface area contributed by atoms with Crippen molar-refractivity contribution in [2.45, 2.75) is 6.92 Å². The lowest BCUT2D eigenvalue weighted by atomic mass is 10.1. The number of pyridine rings is 1. The van der Waals surface area contributed by atoms with Gasteiger partial charge in [-0.25, -0.2) is 4.39 Å². The number of hydrogen-bond acceptors (Lipinski definition) is 5. The highest BCUT2D eigenvalue weighted by Crippen LogP contribution is 2.34. The average Bonchev–Trinajstić information content (AvgIpc) is 2.74. The molecule has 0 N–H and O–H groups in total. The van der Waals surface area contributed by atoms with Gasteiger partial charge in [-0.05, 0) is 36.9 Å². The summed E-state index contributed by atoms with van der Waals surface area (Å²) < 4.78 is 15.4. The molecule has 6 heteroatoms. The van der Waals surface area contributed by atoms with E-state index < -0.39 is 0 Å². The van der Waals surface area contributed by atoms with Gasteiger partial charge in [0.1, 0.15) is 5.82 Å². The minimum atomic E-state index is -0.384. The summed E-state index contributed by atoms with van der Waals surface area (Å²) in [6.45, 7) is 7.09. The van der Waals surface area contributed by atoms with E-state index >= 15 is 0 Å². The Kier molecular flexibility index (Phi) is 4.25. The number of likely N-dealkylation sites (N-methyl/N-ethyl adjacent to an activating group) is 1. The molecule has 4 aromatic rings. The lowest BCUT2D eigenvalue weighted by Gasteiger charge is -2.36. The fourth-order valence-electron chi connectivity index (χ4n) is 4.10. The summed E-state index contributed by atoms with van der Waals surface area (Å²) in [5, 5.41) is 1.98. The van der Waals surface area contributed by atoms with E-state index in [1.165, 1.54) is 23.5 Å². The average molecular weight is 393 g/mol. The molecule has 3 heterocycles. The van der Waals surface area contributed by atoms with E-state index in [4.69, 9.17) is 0 Å². The van der Waals surface area contributed by atoms with Gasteiger partial charge in [0, 0.05) is 53.5 Å². The SMILES string of the molecule is CCN1CCN(c2cccc3ncc4sc5ccc(F)cc5c(=O)c4c23)CC1. The van der Waals surface area contributed by atoms with Crippen molar-refractivity contribution in [3.05, 3.63) is 58.6 Å². The zero-order valence-corrected chi connectivity index (χ0v) is 16.4. The molecule has 0 bridgehead atoms. The summed E-state index contributed by atoms with van der Waals surface area (Å²) in [4.78, 5) is 22.8. The first-order chi connectivity index (χ1) is 13.7. The van der Waals surface area contributed by atoms with Gasteiger partial charge in [0.2, 0.25) is 0 Å². The number of rotatable bonds is 2. The molecule has 0 saturated carbocycles. The Morgan fingerprint density at radius 2 is 1.89 bits per heavy atom. The van der Waals surface area contributed by atoms with Crippen molar-refractivity contribution < 1.29 is 4.39 Å². The number of piperazine rings is 1. The summed E-state index contributed by atoms with van der Waals surface area (Å²) in [6.07, 6.45) is 1.77. The van der Waals surface area contributed by atoms with Crippen molar-refractivity contribution in [1.29, 1.82) is 0 Å². The van der Waals surface area contributed by atoms with E-state index in [2.05, 4.69) is 27.8 Å². The molecule has 1 aliphatic heterocycles. The van der Waals surface area contributed by atoms with E-state index in [0.717, 1.165) is 58.7 Å². The molecule has 2 aromatic heterocycles. The van der Waals surface area contributed by atoms with E-state index in [1.54, 1.807) is 12.3 Å². The largest absolute Gasteiger partial charge is 0.368 e. The molecule has 0 aliphatic carbocycles. The Hall–Kier alpha value is -2.57. The Bertz CT molecular complexity index is 1260. The monoisotopic (exact) mass is 393 g/mol. The molecule has 142 valence electrons. The third-order valence-corrected chi connectivity index (χ3v) is 6.74. The van der Waals surface area contributed by atoms with Crippen molar-refractivity contribution in [2.75, 3.05) is 37.6 Å². The zero-order chi connectivity index (χ0) is 19.3. The van der Waals surface area contributed by atoms with Gasteiger partial charge in [0.15, 0.2) is 5.43 Å². The van der Waals surface area contributed by atoms with E-state index in [9.17, 15) is 9.18 Å². The van der Waals surface area contributed by atoms with Crippen molar-refractivity contribution >= 4 is 48.1 Å². The molecule has 2 aromatic carbocycles. The van der Waals surface area contributed by atoms with Crippen LogP contribution in [0.15, 0.2) is 47.4 Å². The molecule has 1 aliphatic rings. The Balaban J connectivity index is 1.80. The summed E-state index contributed by atoms with van der Waals surface area (Å²) in [5.74, 6) is -0.384. The Labute approximate surface area is 165 Å². The highest BCUT2D eigenvalue weighted by atomic mass is 32.1. The zero-order valence-electron chi connectivity index (χ0n) is 15.6. The fraction of sp³-hybridized carbons (Fsp3) is 0.273. The molecule has 28 heavy (non-hydrogen) atoms. The highest BCUT2D eigenvalue weighted by molar-refractivity contribution is 7.24. The maximum atomic E-state index is 13.8. The quantitative estimate of drug-likeness (QED) is 0.377. The summed E-state index contributed by atoms with van der Waals surface area (Å²) in [5.41, 5.74) is 1.74. The van der Waals surface area contributed by atoms with Crippen molar-refractivity contribution in [1.82, 2.24) is 9.88 Å². The summed E-state index contributed by atoms with van der Waals surface area (Å²) >= 11 is 1.49. The normalized spacial score (nSPS) is 15.7. The van der Waals surface area contributed by atoms with Gasteiger partial charge < -0.3 is 9.80 Å². The Morgan fingerprint density at radius 3 is 2.68 bits per heavy atom. The van der Waals surface area contributed by atoms with Crippen LogP contribution in [0.1, 0.15) is 6.92 Å². The van der Waals surface area contributed by atoms with E-state index in [0.29, 0.717) is 10.8 Å². The second-order valence-corrected chi connectivity index (χ2v) is 8.25. The number of anilines is 1. The lowest BCUT2D eigenvalue weighted by Crippen LogP contribution is -2.46. The number of halogens is 1. The van der Waals surface area contributed by atoms with Crippen LogP contribution in [0.5, 0.6) is 0 Å². The van der Waals surface area contributed by atoms with Gasteiger partial charge >= 0.3 is 0 Å². The topological polar surface area (TPSA) is 36.4 Å². The van der Waals surface area contributed by atoms with E-state index in [-0.39, 0.29) is 11.2 Å². The number of nitrogens with zero attached hydrogens (tertiary/aromatic N) is 3. The maximum Gasteiger partial charge on any atom is 0.196 e. The van der Waals surface area contributed by atoms with Crippen LogP contribution in [-0.2, 0) is 0 Å². The van der Waals surface area contributed by atoms with E-state index in [1.807, 2.05) is 12.1 Å². The van der Waals surface area contributed by atoms with Crippen LogP contribution in [0.2, 0.25) is 0 Å². The lowest BCUT2D eigenvalue weighted by molar-refractivity contribution is 0.271. The summed E-state index contributed by atoms with van der Waals surface area (Å²) in [6, 6.07) is 10.4. The second-order valence-electron chi connectivity index (χ2n) is 7.16. The molecular weight excluding hydrogens is 373 g/mol. The molecular formula is C22H20FN3OS. The van der Waals surface area contributed by atoms with Crippen LogP contribution in [0.25, 0.3) is 31.1 Å². The van der Waals surface area contributed by atoms with Gasteiger partial charge in [0.25, 0.3) is 0 Å². The molecule has 4 nitrogen and oxygen atoms in total. The van der Waals surface area contributed by atoms with Gasteiger partial charge in [-0.3, -0.25) is 9.78 Å². The molecule has 0 radical (unpaired) electrons. The molecule has 5 rings (SSSR count). The first kappa shape index (κ1) is 17.5. The number of aromatic nitrogens is 1. The maximum absolute atomic E-state index is 13.8. The predicted molar refractivity (Wildman–Crippen MR) is 115 cm³/mol. The second kappa shape index (κ2) is 6.79. The van der Waals surface area contributed by atoms with Gasteiger partial charge in [-0.2, -0.15) is 0 Å². The van der Waals surface area contributed by atoms with Crippen LogP contribution in [0, 0.1) is 5.82 Å². The van der Waals surface area contributed by atoms with Crippen LogP contribution in [0.4, 0.5) is 10.1 Å². The first-order valence-corrected chi connectivity index (χ1v) is 10.4. The highest BCUT2D eigenvalue weighted by Gasteiger charge is 2.20. The third-order valence-electron chi connectivity index (χ3n) is 5.63. The standard InChI is InChI=1S/C22H20FN3OS/c1-2-25-8-10-26(11-9-25)17-5-3-4-16-20(17)21-19(13-24-16)28-18-7-6-14(23)12-15(18)22(21)27/h3-7,12-13H,2,8-11H2,1H3. The van der Waals surface area contributed by atoms with Crippen LogP contribution in [-0.4, -0.2) is 42.6 Å². The fourth-order valence-corrected chi connectivity index (χ4v) is 5.14. The van der Waals surface area contributed by atoms with Gasteiger partial charge in [-0.15, -0.1) is 11.3 Å². The number of benzene rings is 2. The van der Waals surface area contributed by atoms with Gasteiger partial charge in [-0.1, -0.05) is 13.0 Å². The minimum absolute atomic E-state index is 0.115. The number of fused-ring (bicyclic) bond motifs is 4. The minimum Gasteiger partial charge on any atom is -0.368 e. The predicted octanol–water partition coefficient (Wildman–Crippen LogP) is 4.24. The smallest absolute Gasteiger partial charge is 0.196 e.